The van der Waals surface area contributed by atoms with Crippen LogP contribution in [0.3, 0.4) is 0 Å². The number of ether oxygens (including phenoxy) is 1. The van der Waals surface area contributed by atoms with Gasteiger partial charge in [-0.3, -0.25) is 9.59 Å². The molecule has 1 unspecified atom stereocenters. The fraction of sp³-hybridized carbons (Fsp3) is 0.500. The Morgan fingerprint density at radius 3 is 2.85 bits per heavy atom. The maximum absolute atomic E-state index is 12.2. The van der Waals surface area contributed by atoms with Crippen LogP contribution in [0.15, 0.2) is 24.3 Å². The van der Waals surface area contributed by atoms with E-state index in [1.54, 1.807) is 18.2 Å². The van der Waals surface area contributed by atoms with Crippen LogP contribution in [-0.4, -0.2) is 54.2 Å². The van der Waals surface area contributed by atoms with Crippen molar-refractivity contribution in [3.63, 3.8) is 0 Å². The summed E-state index contributed by atoms with van der Waals surface area (Å²) < 4.78 is 5.42. The van der Waals surface area contributed by atoms with Gasteiger partial charge in [-0.2, -0.15) is 0 Å². The molecule has 8 heteroatoms. The molecule has 1 aliphatic heterocycles. The highest BCUT2D eigenvalue weighted by molar-refractivity contribution is 5.77. The van der Waals surface area contributed by atoms with Gasteiger partial charge < -0.3 is 25.4 Å². The SMILES string of the molecule is CCNC(=O)COc1cccc(CNC(=O)N2CCCC(C(=O)O)C2)c1. The van der Waals surface area contributed by atoms with Crippen LogP contribution in [0.2, 0.25) is 0 Å². The average molecular weight is 363 g/mol. The summed E-state index contributed by atoms with van der Waals surface area (Å²) in [6.07, 6.45) is 1.29. The molecule has 0 spiro atoms. The van der Waals surface area contributed by atoms with Crippen LogP contribution in [0, 0.1) is 5.92 Å². The molecule has 3 N–H and O–H groups in total. The summed E-state index contributed by atoms with van der Waals surface area (Å²) in [5, 5.41) is 14.5. The van der Waals surface area contributed by atoms with E-state index in [0.717, 1.165) is 5.56 Å². The smallest absolute Gasteiger partial charge is 0.317 e. The number of hydrogen-bond donors (Lipinski definition) is 3. The molecule has 1 atom stereocenters. The van der Waals surface area contributed by atoms with E-state index in [-0.39, 0.29) is 25.1 Å². The van der Waals surface area contributed by atoms with Crippen LogP contribution < -0.4 is 15.4 Å². The van der Waals surface area contributed by atoms with Crippen molar-refractivity contribution in [1.29, 1.82) is 0 Å². The van der Waals surface area contributed by atoms with E-state index in [9.17, 15) is 14.4 Å². The molecule has 1 heterocycles. The summed E-state index contributed by atoms with van der Waals surface area (Å²) in [4.78, 5) is 36.3. The fourth-order valence-electron chi connectivity index (χ4n) is 2.79. The van der Waals surface area contributed by atoms with Crippen LogP contribution in [0.4, 0.5) is 4.79 Å². The predicted octanol–water partition coefficient (Wildman–Crippen LogP) is 1.21. The van der Waals surface area contributed by atoms with Gasteiger partial charge in [-0.15, -0.1) is 0 Å². The normalized spacial score (nSPS) is 16.7. The Morgan fingerprint density at radius 1 is 1.31 bits per heavy atom. The van der Waals surface area contributed by atoms with Crippen molar-refractivity contribution in [3.8, 4) is 5.75 Å². The zero-order chi connectivity index (χ0) is 18.9. The number of piperidine rings is 1. The third-order valence-corrected chi connectivity index (χ3v) is 4.14. The Labute approximate surface area is 152 Å². The topological polar surface area (TPSA) is 108 Å². The van der Waals surface area contributed by atoms with E-state index in [1.807, 2.05) is 13.0 Å². The molecule has 3 amide bonds. The van der Waals surface area contributed by atoms with E-state index >= 15 is 0 Å². The quantitative estimate of drug-likeness (QED) is 0.675. The zero-order valence-electron chi connectivity index (χ0n) is 14.9. The van der Waals surface area contributed by atoms with Crippen LogP contribution in [0.5, 0.6) is 5.75 Å². The number of carboxylic acid groups (broad SMARTS) is 1. The standard InChI is InChI=1S/C18H25N3O5/c1-2-19-16(22)12-26-15-7-3-5-13(9-15)10-20-18(25)21-8-4-6-14(11-21)17(23)24/h3,5,7,9,14H,2,4,6,8,10-12H2,1H3,(H,19,22)(H,20,25)(H,23,24). The molecule has 142 valence electrons. The second-order valence-corrected chi connectivity index (χ2v) is 6.17. The summed E-state index contributed by atoms with van der Waals surface area (Å²) in [5.74, 6) is -1.00. The molecule has 0 aromatic heterocycles. The van der Waals surface area contributed by atoms with Gasteiger partial charge in [0.1, 0.15) is 5.75 Å². The van der Waals surface area contributed by atoms with Crippen LogP contribution in [0.25, 0.3) is 0 Å². The molecule has 0 radical (unpaired) electrons. The van der Waals surface area contributed by atoms with Crippen LogP contribution >= 0.6 is 0 Å². The van der Waals surface area contributed by atoms with Gasteiger partial charge in [-0.1, -0.05) is 12.1 Å². The molecule has 1 aromatic rings. The van der Waals surface area contributed by atoms with Crippen molar-refractivity contribution in [2.24, 2.45) is 5.92 Å². The number of carbonyl (C=O) groups excluding carboxylic acids is 2. The van der Waals surface area contributed by atoms with Crippen molar-refractivity contribution in [3.05, 3.63) is 29.8 Å². The molecule has 26 heavy (non-hydrogen) atoms. The first kappa shape index (κ1) is 19.6. The average Bonchev–Trinajstić information content (AvgIpc) is 2.65. The monoisotopic (exact) mass is 363 g/mol. The molecule has 0 aliphatic carbocycles. The first-order valence-corrected chi connectivity index (χ1v) is 8.73. The lowest BCUT2D eigenvalue weighted by Crippen LogP contribution is -2.46. The van der Waals surface area contributed by atoms with Gasteiger partial charge in [-0.05, 0) is 37.5 Å². The van der Waals surface area contributed by atoms with Crippen molar-refractivity contribution < 1.29 is 24.2 Å². The van der Waals surface area contributed by atoms with E-state index in [0.29, 0.717) is 38.2 Å². The number of nitrogens with zero attached hydrogens (tertiary/aromatic N) is 1. The van der Waals surface area contributed by atoms with Gasteiger partial charge in [0.15, 0.2) is 6.61 Å². The molecular formula is C18H25N3O5. The Balaban J connectivity index is 1.83. The Kier molecular flexibility index (Phi) is 7.25. The van der Waals surface area contributed by atoms with Gasteiger partial charge in [0, 0.05) is 26.2 Å². The van der Waals surface area contributed by atoms with Crippen molar-refractivity contribution in [1.82, 2.24) is 15.5 Å². The van der Waals surface area contributed by atoms with E-state index in [4.69, 9.17) is 9.84 Å². The first-order chi connectivity index (χ1) is 12.5. The number of amides is 3. The molecule has 2 rings (SSSR count). The van der Waals surface area contributed by atoms with Crippen LogP contribution in [0.1, 0.15) is 25.3 Å². The number of likely N-dealkylation sites (tertiary alicyclic amines) is 1. The van der Waals surface area contributed by atoms with Crippen molar-refractivity contribution in [2.45, 2.75) is 26.3 Å². The highest BCUT2D eigenvalue weighted by atomic mass is 16.5. The summed E-state index contributed by atoms with van der Waals surface area (Å²) in [6, 6.07) is 6.86. The molecule has 0 bridgehead atoms. The molecule has 8 nitrogen and oxygen atoms in total. The van der Waals surface area contributed by atoms with Crippen LogP contribution in [-0.2, 0) is 16.1 Å². The number of carboxylic acids is 1. The van der Waals surface area contributed by atoms with Gasteiger partial charge in [0.05, 0.1) is 5.92 Å². The summed E-state index contributed by atoms with van der Waals surface area (Å²) >= 11 is 0. The second-order valence-electron chi connectivity index (χ2n) is 6.17. The largest absolute Gasteiger partial charge is 0.484 e. The number of rotatable bonds is 7. The third kappa shape index (κ3) is 5.94. The Hall–Kier alpha value is -2.77. The van der Waals surface area contributed by atoms with Gasteiger partial charge in [-0.25, -0.2) is 4.79 Å². The summed E-state index contributed by atoms with van der Waals surface area (Å²) in [6.45, 7) is 3.41. The minimum Gasteiger partial charge on any atom is -0.484 e. The minimum absolute atomic E-state index is 0.0615. The predicted molar refractivity (Wildman–Crippen MR) is 94.8 cm³/mol. The number of carbonyl (C=O) groups is 3. The summed E-state index contributed by atoms with van der Waals surface area (Å²) in [5.41, 5.74) is 0.832. The van der Waals surface area contributed by atoms with E-state index in [2.05, 4.69) is 10.6 Å². The number of benzene rings is 1. The third-order valence-electron chi connectivity index (χ3n) is 4.14. The lowest BCUT2D eigenvalue weighted by molar-refractivity contribution is -0.143. The molecule has 1 aromatic carbocycles. The highest BCUT2D eigenvalue weighted by Gasteiger charge is 2.27. The number of nitrogens with one attached hydrogen (secondary N) is 2. The number of urea groups is 1. The van der Waals surface area contributed by atoms with Crippen molar-refractivity contribution in [2.75, 3.05) is 26.2 Å². The highest BCUT2D eigenvalue weighted by Crippen LogP contribution is 2.17. The molecule has 1 aliphatic rings. The molecule has 0 saturated carbocycles. The maximum atomic E-state index is 12.2. The van der Waals surface area contributed by atoms with Gasteiger partial charge >= 0.3 is 12.0 Å². The van der Waals surface area contributed by atoms with E-state index < -0.39 is 11.9 Å². The molecular weight excluding hydrogens is 338 g/mol. The summed E-state index contributed by atoms with van der Waals surface area (Å²) in [7, 11) is 0. The van der Waals surface area contributed by atoms with Gasteiger partial charge in [0.2, 0.25) is 0 Å². The van der Waals surface area contributed by atoms with E-state index in [1.165, 1.54) is 4.90 Å². The molecule has 1 saturated heterocycles. The first-order valence-electron chi connectivity index (χ1n) is 8.73. The van der Waals surface area contributed by atoms with Gasteiger partial charge in [0.25, 0.3) is 5.91 Å². The lowest BCUT2D eigenvalue weighted by atomic mass is 9.99. The fourth-order valence-corrected chi connectivity index (χ4v) is 2.79. The lowest BCUT2D eigenvalue weighted by Gasteiger charge is -2.30. The maximum Gasteiger partial charge on any atom is 0.317 e. The number of hydrogen-bond acceptors (Lipinski definition) is 4. The number of likely N-dealkylation sites (N-methyl/N-ethyl adjacent to an activating group) is 1. The Bertz CT molecular complexity index is 649. The second kappa shape index (κ2) is 9.65. The minimum atomic E-state index is -0.862. The number of aliphatic carboxylic acids is 1. The Morgan fingerprint density at radius 2 is 2.12 bits per heavy atom. The molecule has 1 fully saturated rings. The zero-order valence-corrected chi connectivity index (χ0v) is 14.9. The van der Waals surface area contributed by atoms with Crippen molar-refractivity contribution >= 4 is 17.9 Å².